The van der Waals surface area contributed by atoms with Gasteiger partial charge in [0.2, 0.25) is 0 Å². The first-order valence-corrected chi connectivity index (χ1v) is 6.45. The molecule has 0 radical (unpaired) electrons. The molecule has 0 unspecified atom stereocenters. The summed E-state index contributed by atoms with van der Waals surface area (Å²) in [4.78, 5) is 11.7. The SMILES string of the molecule is CCOC(=O)c1nnc2c(C)c(C)c(C)cc2c1Cl. The number of esters is 1. The normalized spacial score (nSPS) is 10.8. The van der Waals surface area contributed by atoms with Crippen molar-refractivity contribution in [2.24, 2.45) is 0 Å². The third kappa shape index (κ3) is 2.28. The van der Waals surface area contributed by atoms with Crippen molar-refractivity contribution in [2.75, 3.05) is 6.61 Å². The highest BCUT2D eigenvalue weighted by Gasteiger charge is 2.19. The lowest BCUT2D eigenvalue weighted by atomic mass is 10.00. The maximum atomic E-state index is 11.7. The molecule has 2 rings (SSSR count). The molecule has 1 aromatic carbocycles. The highest BCUT2D eigenvalue weighted by molar-refractivity contribution is 6.38. The lowest BCUT2D eigenvalue weighted by molar-refractivity contribution is 0.0518. The first kappa shape index (κ1) is 13.7. The summed E-state index contributed by atoms with van der Waals surface area (Å²) in [5, 5.41) is 9.05. The van der Waals surface area contributed by atoms with Gasteiger partial charge in [0.1, 0.15) is 0 Å². The van der Waals surface area contributed by atoms with Crippen LogP contribution in [0.4, 0.5) is 0 Å². The maximum Gasteiger partial charge on any atom is 0.360 e. The third-order valence-electron chi connectivity index (χ3n) is 3.29. The first-order chi connectivity index (χ1) is 8.97. The fraction of sp³-hybridized carbons (Fsp3) is 0.357. The maximum absolute atomic E-state index is 11.7. The van der Waals surface area contributed by atoms with Gasteiger partial charge in [-0.15, -0.1) is 10.2 Å². The van der Waals surface area contributed by atoms with Gasteiger partial charge in [0.25, 0.3) is 0 Å². The molecule has 0 bridgehead atoms. The van der Waals surface area contributed by atoms with Crippen molar-refractivity contribution in [2.45, 2.75) is 27.7 Å². The molecule has 0 aliphatic carbocycles. The second-order valence-corrected chi connectivity index (χ2v) is 4.80. The van der Waals surface area contributed by atoms with E-state index >= 15 is 0 Å². The van der Waals surface area contributed by atoms with Crippen LogP contribution in [-0.2, 0) is 4.74 Å². The number of ether oxygens (including phenoxy) is 1. The van der Waals surface area contributed by atoms with Crippen LogP contribution in [0, 0.1) is 20.8 Å². The number of hydrogen-bond acceptors (Lipinski definition) is 4. The summed E-state index contributed by atoms with van der Waals surface area (Å²) in [6, 6.07) is 1.93. The molecule has 0 atom stereocenters. The number of halogens is 1. The standard InChI is InChI=1S/C14H15ClN2O2/c1-5-19-14(18)13-11(15)10-6-7(2)8(3)9(4)12(10)16-17-13/h6H,5H2,1-4H3. The van der Waals surface area contributed by atoms with Crippen LogP contribution >= 0.6 is 11.6 Å². The van der Waals surface area contributed by atoms with Crippen molar-refractivity contribution in [1.29, 1.82) is 0 Å². The van der Waals surface area contributed by atoms with Crippen LogP contribution in [0.15, 0.2) is 6.07 Å². The Balaban J connectivity index is 2.72. The Kier molecular flexibility index (Phi) is 3.71. The van der Waals surface area contributed by atoms with Crippen molar-refractivity contribution >= 4 is 28.5 Å². The third-order valence-corrected chi connectivity index (χ3v) is 3.67. The number of fused-ring (bicyclic) bond motifs is 1. The number of nitrogens with zero attached hydrogens (tertiary/aromatic N) is 2. The highest BCUT2D eigenvalue weighted by Crippen LogP contribution is 2.29. The smallest absolute Gasteiger partial charge is 0.360 e. The Bertz CT molecular complexity index is 668. The zero-order valence-corrected chi connectivity index (χ0v) is 12.1. The van der Waals surface area contributed by atoms with Crippen LogP contribution in [-0.4, -0.2) is 22.8 Å². The fourth-order valence-electron chi connectivity index (χ4n) is 1.97. The van der Waals surface area contributed by atoms with E-state index in [4.69, 9.17) is 16.3 Å². The Morgan fingerprint density at radius 3 is 2.58 bits per heavy atom. The van der Waals surface area contributed by atoms with Gasteiger partial charge in [-0.1, -0.05) is 11.6 Å². The minimum absolute atomic E-state index is 0.0682. The minimum atomic E-state index is -0.544. The van der Waals surface area contributed by atoms with Gasteiger partial charge in [-0.05, 0) is 50.5 Å². The van der Waals surface area contributed by atoms with Crippen LogP contribution in [0.5, 0.6) is 0 Å². The van der Waals surface area contributed by atoms with E-state index in [1.54, 1.807) is 6.92 Å². The Morgan fingerprint density at radius 1 is 1.26 bits per heavy atom. The summed E-state index contributed by atoms with van der Waals surface area (Å²) in [6.07, 6.45) is 0. The largest absolute Gasteiger partial charge is 0.461 e. The molecule has 2 aromatic rings. The van der Waals surface area contributed by atoms with Crippen molar-refractivity contribution in [3.05, 3.63) is 33.5 Å². The predicted molar refractivity (Wildman–Crippen MR) is 74.7 cm³/mol. The van der Waals surface area contributed by atoms with Gasteiger partial charge < -0.3 is 4.74 Å². The summed E-state index contributed by atoms with van der Waals surface area (Å²) in [5.74, 6) is -0.544. The Hall–Kier alpha value is -1.68. The van der Waals surface area contributed by atoms with E-state index in [9.17, 15) is 4.79 Å². The number of aryl methyl sites for hydroxylation is 2. The second-order valence-electron chi connectivity index (χ2n) is 4.42. The van der Waals surface area contributed by atoms with Crippen LogP contribution in [0.1, 0.15) is 34.1 Å². The van der Waals surface area contributed by atoms with Crippen LogP contribution in [0.3, 0.4) is 0 Å². The molecule has 0 amide bonds. The van der Waals surface area contributed by atoms with Crippen LogP contribution < -0.4 is 0 Å². The van der Waals surface area contributed by atoms with E-state index in [1.807, 2.05) is 26.8 Å². The number of carbonyl (C=O) groups is 1. The molecule has 5 heteroatoms. The molecule has 0 aliphatic heterocycles. The van der Waals surface area contributed by atoms with Gasteiger partial charge in [-0.2, -0.15) is 0 Å². The van der Waals surface area contributed by atoms with Gasteiger partial charge in [0.15, 0.2) is 5.69 Å². The summed E-state index contributed by atoms with van der Waals surface area (Å²) in [7, 11) is 0. The topological polar surface area (TPSA) is 52.1 Å². The molecule has 19 heavy (non-hydrogen) atoms. The predicted octanol–water partition coefficient (Wildman–Crippen LogP) is 3.39. The molecule has 0 aliphatic rings. The Labute approximate surface area is 116 Å². The van der Waals surface area contributed by atoms with Crippen molar-refractivity contribution in [3.8, 4) is 0 Å². The van der Waals surface area contributed by atoms with Crippen LogP contribution in [0.25, 0.3) is 10.9 Å². The van der Waals surface area contributed by atoms with E-state index in [-0.39, 0.29) is 12.3 Å². The van der Waals surface area contributed by atoms with Crippen molar-refractivity contribution in [3.63, 3.8) is 0 Å². The van der Waals surface area contributed by atoms with Gasteiger partial charge in [-0.3, -0.25) is 0 Å². The van der Waals surface area contributed by atoms with E-state index < -0.39 is 5.97 Å². The second kappa shape index (κ2) is 5.13. The molecule has 4 nitrogen and oxygen atoms in total. The molecule has 0 N–H and O–H groups in total. The lowest BCUT2D eigenvalue weighted by Crippen LogP contribution is -2.10. The van der Waals surface area contributed by atoms with E-state index in [2.05, 4.69) is 10.2 Å². The highest BCUT2D eigenvalue weighted by atomic mass is 35.5. The van der Waals surface area contributed by atoms with Gasteiger partial charge in [0.05, 0.1) is 17.1 Å². The van der Waals surface area contributed by atoms with Crippen molar-refractivity contribution in [1.82, 2.24) is 10.2 Å². The van der Waals surface area contributed by atoms with E-state index in [1.165, 1.54) is 0 Å². The molecular weight excluding hydrogens is 264 g/mol. The van der Waals surface area contributed by atoms with E-state index in [0.717, 1.165) is 27.6 Å². The molecule has 0 saturated heterocycles. The van der Waals surface area contributed by atoms with E-state index in [0.29, 0.717) is 5.02 Å². The number of aromatic nitrogens is 2. The molecular formula is C14H15ClN2O2. The summed E-state index contributed by atoms with van der Waals surface area (Å²) in [5.41, 5.74) is 4.08. The number of hydrogen-bond donors (Lipinski definition) is 0. The van der Waals surface area contributed by atoms with Gasteiger partial charge in [0, 0.05) is 5.39 Å². The van der Waals surface area contributed by atoms with Crippen LogP contribution in [0.2, 0.25) is 5.02 Å². The zero-order chi connectivity index (χ0) is 14.2. The fourth-order valence-corrected chi connectivity index (χ4v) is 2.23. The summed E-state index contributed by atoms with van der Waals surface area (Å²) < 4.78 is 4.92. The molecule has 1 aromatic heterocycles. The molecule has 1 heterocycles. The number of carbonyl (C=O) groups excluding carboxylic acids is 1. The average molecular weight is 279 g/mol. The summed E-state index contributed by atoms with van der Waals surface area (Å²) in [6.45, 7) is 8.01. The molecule has 100 valence electrons. The first-order valence-electron chi connectivity index (χ1n) is 6.07. The van der Waals surface area contributed by atoms with Crippen molar-refractivity contribution < 1.29 is 9.53 Å². The zero-order valence-electron chi connectivity index (χ0n) is 11.4. The summed E-state index contributed by atoms with van der Waals surface area (Å²) >= 11 is 6.27. The molecule has 0 saturated carbocycles. The molecule has 0 fully saturated rings. The number of benzene rings is 1. The lowest BCUT2D eigenvalue weighted by Gasteiger charge is -2.11. The molecule has 0 spiro atoms. The van der Waals surface area contributed by atoms with Gasteiger partial charge >= 0.3 is 5.97 Å². The monoisotopic (exact) mass is 278 g/mol. The average Bonchev–Trinajstić information content (AvgIpc) is 2.38. The minimum Gasteiger partial charge on any atom is -0.461 e. The quantitative estimate of drug-likeness (QED) is 0.790. The number of rotatable bonds is 2. The van der Waals surface area contributed by atoms with Gasteiger partial charge in [-0.25, -0.2) is 4.79 Å². The Morgan fingerprint density at radius 2 is 1.95 bits per heavy atom.